The lowest BCUT2D eigenvalue weighted by molar-refractivity contribution is -0.132. The number of carbonyl (C=O) groups is 1. The molecule has 3 nitrogen and oxygen atoms in total. The summed E-state index contributed by atoms with van der Waals surface area (Å²) in [5.41, 5.74) is 0.363. The molecule has 0 fully saturated rings. The van der Waals surface area contributed by atoms with Crippen molar-refractivity contribution in [2.45, 2.75) is 6.92 Å². The van der Waals surface area contributed by atoms with E-state index in [-0.39, 0.29) is 0 Å². The van der Waals surface area contributed by atoms with Gasteiger partial charge in [0.05, 0.1) is 0 Å². The van der Waals surface area contributed by atoms with Gasteiger partial charge in [0.2, 0.25) is 0 Å². The van der Waals surface area contributed by atoms with Crippen molar-refractivity contribution >= 4 is 5.97 Å². The van der Waals surface area contributed by atoms with Gasteiger partial charge in [0, 0.05) is 18.7 Å². The molecule has 0 aromatic rings. The van der Waals surface area contributed by atoms with Crippen molar-refractivity contribution < 1.29 is 9.90 Å². The van der Waals surface area contributed by atoms with E-state index in [1.807, 2.05) is 0 Å². The zero-order chi connectivity index (χ0) is 8.69. The van der Waals surface area contributed by atoms with E-state index in [4.69, 9.17) is 5.11 Å². The number of nitrogens with one attached hydrogen (secondary N) is 1. The maximum atomic E-state index is 10.2. The lowest BCUT2D eigenvalue weighted by Crippen LogP contribution is -2.13. The number of hydrogen-bond acceptors (Lipinski definition) is 2. The Bertz CT molecular complexity index is 173. The van der Waals surface area contributed by atoms with Crippen LogP contribution in [0, 0.1) is 0 Å². The van der Waals surface area contributed by atoms with Crippen molar-refractivity contribution in [2.75, 3.05) is 13.1 Å². The SMILES string of the molecule is C=CCNCC=C(C)C(=O)O. The minimum absolute atomic E-state index is 0.363. The summed E-state index contributed by atoms with van der Waals surface area (Å²) in [6.45, 7) is 6.35. The number of rotatable bonds is 5. The molecule has 11 heavy (non-hydrogen) atoms. The fourth-order valence-electron chi connectivity index (χ4n) is 0.498. The van der Waals surface area contributed by atoms with Gasteiger partial charge in [-0.1, -0.05) is 12.2 Å². The van der Waals surface area contributed by atoms with Crippen LogP contribution in [-0.4, -0.2) is 24.2 Å². The quantitative estimate of drug-likeness (QED) is 0.350. The molecule has 0 aliphatic carbocycles. The zero-order valence-corrected chi connectivity index (χ0v) is 6.63. The third kappa shape index (κ3) is 5.36. The van der Waals surface area contributed by atoms with Gasteiger partial charge >= 0.3 is 5.97 Å². The number of aliphatic carboxylic acids is 1. The molecule has 62 valence electrons. The van der Waals surface area contributed by atoms with Crippen LogP contribution in [0.15, 0.2) is 24.3 Å². The van der Waals surface area contributed by atoms with E-state index in [0.29, 0.717) is 18.7 Å². The average molecular weight is 155 g/mol. The smallest absolute Gasteiger partial charge is 0.330 e. The van der Waals surface area contributed by atoms with Gasteiger partial charge in [-0.15, -0.1) is 6.58 Å². The molecule has 3 heteroatoms. The minimum Gasteiger partial charge on any atom is -0.478 e. The van der Waals surface area contributed by atoms with Crippen LogP contribution in [0.3, 0.4) is 0 Å². The van der Waals surface area contributed by atoms with Crippen LogP contribution in [-0.2, 0) is 4.79 Å². The van der Waals surface area contributed by atoms with Crippen molar-refractivity contribution in [3.8, 4) is 0 Å². The first-order valence-electron chi connectivity index (χ1n) is 3.40. The molecule has 0 unspecified atom stereocenters. The summed E-state index contributed by atoms with van der Waals surface area (Å²) in [7, 11) is 0. The summed E-state index contributed by atoms with van der Waals surface area (Å²) in [5.74, 6) is -0.870. The van der Waals surface area contributed by atoms with Gasteiger partial charge in [0.15, 0.2) is 0 Å². The summed E-state index contributed by atoms with van der Waals surface area (Å²) < 4.78 is 0. The first kappa shape index (κ1) is 9.91. The monoisotopic (exact) mass is 155 g/mol. The highest BCUT2D eigenvalue weighted by Crippen LogP contribution is 1.89. The predicted molar refractivity (Wildman–Crippen MR) is 44.5 cm³/mol. The van der Waals surface area contributed by atoms with Crippen molar-refractivity contribution in [2.24, 2.45) is 0 Å². The highest BCUT2D eigenvalue weighted by molar-refractivity contribution is 5.85. The van der Waals surface area contributed by atoms with Gasteiger partial charge in [-0.05, 0) is 6.92 Å². The molecule has 0 radical (unpaired) electrons. The molecule has 0 heterocycles. The van der Waals surface area contributed by atoms with E-state index in [1.165, 1.54) is 0 Å². The molecule has 0 aromatic heterocycles. The highest BCUT2D eigenvalue weighted by Gasteiger charge is 1.96. The standard InChI is InChI=1S/C8H13NO2/c1-3-5-9-6-4-7(2)8(10)11/h3-4,9H,1,5-6H2,2H3,(H,10,11). The van der Waals surface area contributed by atoms with Crippen LogP contribution in [0.1, 0.15) is 6.92 Å². The molecule has 0 atom stereocenters. The Labute approximate surface area is 66.4 Å². The third-order valence-corrected chi connectivity index (χ3v) is 1.18. The Morgan fingerprint density at radius 2 is 2.27 bits per heavy atom. The van der Waals surface area contributed by atoms with Crippen molar-refractivity contribution in [3.05, 3.63) is 24.3 Å². The molecule has 2 N–H and O–H groups in total. The van der Waals surface area contributed by atoms with Gasteiger partial charge in [-0.25, -0.2) is 4.79 Å². The Morgan fingerprint density at radius 3 is 2.73 bits per heavy atom. The van der Waals surface area contributed by atoms with E-state index in [2.05, 4.69) is 11.9 Å². The summed E-state index contributed by atoms with van der Waals surface area (Å²) in [6, 6.07) is 0. The molecule has 0 saturated heterocycles. The van der Waals surface area contributed by atoms with E-state index < -0.39 is 5.97 Å². The van der Waals surface area contributed by atoms with E-state index >= 15 is 0 Å². The van der Waals surface area contributed by atoms with Crippen LogP contribution in [0.2, 0.25) is 0 Å². The molecule has 0 aromatic carbocycles. The van der Waals surface area contributed by atoms with Crippen LogP contribution >= 0.6 is 0 Å². The first-order chi connectivity index (χ1) is 5.18. The molecule has 0 aliphatic heterocycles. The lowest BCUT2D eigenvalue weighted by Gasteiger charge is -1.95. The Kier molecular flexibility index (Phi) is 5.11. The first-order valence-corrected chi connectivity index (χ1v) is 3.40. The second-order valence-electron chi connectivity index (χ2n) is 2.14. The van der Waals surface area contributed by atoms with Gasteiger partial charge in [0.1, 0.15) is 0 Å². The van der Waals surface area contributed by atoms with E-state index in [9.17, 15) is 4.79 Å². The average Bonchev–Trinajstić information content (AvgIpc) is 1.97. The fourth-order valence-corrected chi connectivity index (χ4v) is 0.498. The predicted octanol–water partition coefficient (Wildman–Crippen LogP) is 0.793. The Hall–Kier alpha value is -1.09. The molecular weight excluding hydrogens is 142 g/mol. The number of carboxylic acid groups (broad SMARTS) is 1. The zero-order valence-electron chi connectivity index (χ0n) is 6.63. The summed E-state index contributed by atoms with van der Waals surface area (Å²) in [6.07, 6.45) is 3.36. The Morgan fingerprint density at radius 1 is 1.64 bits per heavy atom. The van der Waals surface area contributed by atoms with Crippen molar-refractivity contribution in [1.82, 2.24) is 5.32 Å². The largest absolute Gasteiger partial charge is 0.478 e. The lowest BCUT2D eigenvalue weighted by atomic mass is 10.3. The van der Waals surface area contributed by atoms with Crippen LogP contribution in [0.25, 0.3) is 0 Å². The second kappa shape index (κ2) is 5.68. The van der Waals surface area contributed by atoms with Gasteiger partial charge in [0.25, 0.3) is 0 Å². The molecule has 0 bridgehead atoms. The number of carboxylic acids is 1. The van der Waals surface area contributed by atoms with Crippen LogP contribution in [0.4, 0.5) is 0 Å². The van der Waals surface area contributed by atoms with Gasteiger partial charge in [-0.2, -0.15) is 0 Å². The molecular formula is C8H13NO2. The Balaban J connectivity index is 3.56. The van der Waals surface area contributed by atoms with Gasteiger partial charge < -0.3 is 10.4 Å². The fraction of sp³-hybridized carbons (Fsp3) is 0.375. The second-order valence-corrected chi connectivity index (χ2v) is 2.14. The minimum atomic E-state index is -0.870. The maximum Gasteiger partial charge on any atom is 0.330 e. The number of hydrogen-bond donors (Lipinski definition) is 2. The van der Waals surface area contributed by atoms with Crippen LogP contribution < -0.4 is 5.32 Å². The third-order valence-electron chi connectivity index (χ3n) is 1.18. The highest BCUT2D eigenvalue weighted by atomic mass is 16.4. The summed E-state index contributed by atoms with van der Waals surface area (Å²) >= 11 is 0. The summed E-state index contributed by atoms with van der Waals surface area (Å²) in [5, 5.41) is 11.4. The molecule has 0 saturated carbocycles. The summed E-state index contributed by atoms with van der Waals surface area (Å²) in [4.78, 5) is 10.2. The van der Waals surface area contributed by atoms with Crippen molar-refractivity contribution in [3.63, 3.8) is 0 Å². The molecule has 0 amide bonds. The maximum absolute atomic E-state index is 10.2. The van der Waals surface area contributed by atoms with Gasteiger partial charge in [-0.3, -0.25) is 0 Å². The molecule has 0 spiro atoms. The van der Waals surface area contributed by atoms with E-state index in [1.54, 1.807) is 19.1 Å². The van der Waals surface area contributed by atoms with E-state index in [0.717, 1.165) is 0 Å². The molecule has 0 rings (SSSR count). The normalized spacial score (nSPS) is 11.2. The topological polar surface area (TPSA) is 49.3 Å². The van der Waals surface area contributed by atoms with Crippen LogP contribution in [0.5, 0.6) is 0 Å². The van der Waals surface area contributed by atoms with Crippen molar-refractivity contribution in [1.29, 1.82) is 0 Å². The molecule has 0 aliphatic rings.